The van der Waals surface area contributed by atoms with E-state index in [-0.39, 0.29) is 17.3 Å². The topological polar surface area (TPSA) is 99.0 Å². The summed E-state index contributed by atoms with van der Waals surface area (Å²) in [5.41, 5.74) is 0.744. The standard InChI is InChI=1S/C16H16N2O6S/c1-17(8-12-6-7-25-11-12)15(19)9-24-16(20)10-23-14-5-3-2-4-13(14)18(21)22/h2-7,11H,8-10H2,1H3. The molecule has 0 saturated carbocycles. The van der Waals surface area contributed by atoms with Crippen LogP contribution in [0.15, 0.2) is 41.1 Å². The molecule has 0 saturated heterocycles. The Morgan fingerprint density at radius 1 is 1.24 bits per heavy atom. The number of amides is 1. The largest absolute Gasteiger partial charge is 0.475 e. The van der Waals surface area contributed by atoms with Crippen molar-refractivity contribution in [3.8, 4) is 5.75 Å². The van der Waals surface area contributed by atoms with Crippen LogP contribution in [0.25, 0.3) is 0 Å². The third-order valence-corrected chi connectivity index (χ3v) is 3.92. The van der Waals surface area contributed by atoms with Crippen LogP contribution in [0.4, 0.5) is 5.69 Å². The summed E-state index contributed by atoms with van der Waals surface area (Å²) in [6.45, 7) is -0.515. The van der Waals surface area contributed by atoms with E-state index in [1.807, 2.05) is 16.8 Å². The van der Waals surface area contributed by atoms with Gasteiger partial charge in [0, 0.05) is 19.7 Å². The molecule has 0 bridgehead atoms. The molecule has 2 aromatic rings. The molecule has 0 aliphatic rings. The van der Waals surface area contributed by atoms with Crippen molar-refractivity contribution in [1.82, 2.24) is 4.90 Å². The summed E-state index contributed by atoms with van der Waals surface area (Å²) in [4.78, 5) is 35.3. The maximum Gasteiger partial charge on any atom is 0.344 e. The van der Waals surface area contributed by atoms with Crippen molar-refractivity contribution < 1.29 is 24.0 Å². The van der Waals surface area contributed by atoms with E-state index in [0.29, 0.717) is 6.54 Å². The molecule has 0 atom stereocenters. The number of ether oxygens (including phenoxy) is 2. The highest BCUT2D eigenvalue weighted by atomic mass is 32.1. The first kappa shape index (κ1) is 18.4. The Labute approximate surface area is 147 Å². The highest BCUT2D eigenvalue weighted by Gasteiger charge is 2.17. The second-order valence-corrected chi connectivity index (χ2v) is 5.84. The molecule has 132 valence electrons. The van der Waals surface area contributed by atoms with E-state index in [0.717, 1.165) is 5.56 Å². The van der Waals surface area contributed by atoms with Crippen LogP contribution in [-0.4, -0.2) is 42.0 Å². The van der Waals surface area contributed by atoms with Crippen molar-refractivity contribution in [3.05, 3.63) is 56.8 Å². The van der Waals surface area contributed by atoms with Crippen molar-refractivity contribution in [2.45, 2.75) is 6.54 Å². The maximum atomic E-state index is 11.9. The number of para-hydroxylation sites is 2. The zero-order valence-electron chi connectivity index (χ0n) is 13.4. The summed E-state index contributed by atoms with van der Waals surface area (Å²) in [7, 11) is 1.61. The molecule has 2 rings (SSSR count). The molecule has 25 heavy (non-hydrogen) atoms. The van der Waals surface area contributed by atoms with Gasteiger partial charge in [0.25, 0.3) is 5.91 Å². The number of benzene rings is 1. The summed E-state index contributed by atoms with van der Waals surface area (Å²) < 4.78 is 9.94. The van der Waals surface area contributed by atoms with Gasteiger partial charge in [0.05, 0.1) is 4.92 Å². The maximum absolute atomic E-state index is 11.9. The smallest absolute Gasteiger partial charge is 0.344 e. The summed E-state index contributed by atoms with van der Waals surface area (Å²) in [6, 6.07) is 7.59. The zero-order chi connectivity index (χ0) is 18.2. The number of hydrogen-bond acceptors (Lipinski definition) is 7. The van der Waals surface area contributed by atoms with Gasteiger partial charge in [-0.15, -0.1) is 0 Å². The average molecular weight is 364 g/mol. The number of hydrogen-bond donors (Lipinski definition) is 0. The van der Waals surface area contributed by atoms with Gasteiger partial charge in [-0.2, -0.15) is 11.3 Å². The number of nitro benzene ring substituents is 1. The van der Waals surface area contributed by atoms with Crippen LogP contribution in [0.2, 0.25) is 0 Å². The molecule has 1 amide bonds. The fourth-order valence-electron chi connectivity index (χ4n) is 1.91. The highest BCUT2D eigenvalue weighted by Crippen LogP contribution is 2.25. The number of rotatable bonds is 8. The van der Waals surface area contributed by atoms with E-state index < -0.39 is 24.1 Å². The Hall–Kier alpha value is -2.94. The lowest BCUT2D eigenvalue weighted by molar-refractivity contribution is -0.385. The van der Waals surface area contributed by atoms with Crippen LogP contribution in [0.3, 0.4) is 0 Å². The summed E-state index contributed by atoms with van der Waals surface area (Å²) in [6.07, 6.45) is 0. The van der Waals surface area contributed by atoms with Gasteiger partial charge in [0.2, 0.25) is 0 Å². The van der Waals surface area contributed by atoms with Crippen molar-refractivity contribution in [3.63, 3.8) is 0 Å². The van der Waals surface area contributed by atoms with Gasteiger partial charge in [-0.05, 0) is 28.5 Å². The molecule has 1 aromatic carbocycles. The Kier molecular flexibility index (Phi) is 6.47. The van der Waals surface area contributed by atoms with Gasteiger partial charge in [-0.3, -0.25) is 14.9 Å². The molecule has 1 heterocycles. The molecule has 0 radical (unpaired) electrons. The van der Waals surface area contributed by atoms with E-state index in [9.17, 15) is 19.7 Å². The van der Waals surface area contributed by atoms with E-state index in [4.69, 9.17) is 9.47 Å². The third-order valence-electron chi connectivity index (χ3n) is 3.19. The zero-order valence-corrected chi connectivity index (χ0v) is 14.2. The lowest BCUT2D eigenvalue weighted by atomic mass is 10.3. The Morgan fingerprint density at radius 3 is 2.68 bits per heavy atom. The summed E-state index contributed by atoms with van der Waals surface area (Å²) in [5.74, 6) is -1.17. The molecule has 0 aliphatic heterocycles. The van der Waals surface area contributed by atoms with E-state index >= 15 is 0 Å². The minimum Gasteiger partial charge on any atom is -0.475 e. The van der Waals surface area contributed by atoms with Crippen molar-refractivity contribution in [2.75, 3.05) is 20.3 Å². The quantitative estimate of drug-likeness (QED) is 0.405. The van der Waals surface area contributed by atoms with Gasteiger partial charge >= 0.3 is 11.7 Å². The van der Waals surface area contributed by atoms with Crippen molar-refractivity contribution >= 4 is 28.9 Å². The van der Waals surface area contributed by atoms with Gasteiger partial charge in [-0.25, -0.2) is 4.79 Å². The number of carbonyl (C=O) groups is 2. The number of thiophene rings is 1. The van der Waals surface area contributed by atoms with Crippen LogP contribution in [0.1, 0.15) is 5.56 Å². The van der Waals surface area contributed by atoms with Gasteiger partial charge in [-0.1, -0.05) is 12.1 Å². The fraction of sp³-hybridized carbons (Fsp3) is 0.250. The summed E-state index contributed by atoms with van der Waals surface area (Å²) in [5, 5.41) is 14.7. The first-order chi connectivity index (χ1) is 12.0. The lowest BCUT2D eigenvalue weighted by Gasteiger charge is -2.16. The number of likely N-dealkylation sites (N-methyl/N-ethyl adjacent to an activating group) is 1. The number of nitrogens with zero attached hydrogens (tertiary/aromatic N) is 2. The van der Waals surface area contributed by atoms with Crippen molar-refractivity contribution in [1.29, 1.82) is 0 Å². The van der Waals surface area contributed by atoms with Crippen molar-refractivity contribution in [2.24, 2.45) is 0 Å². The van der Waals surface area contributed by atoms with Crippen LogP contribution >= 0.6 is 11.3 Å². The first-order valence-electron chi connectivity index (χ1n) is 7.24. The van der Waals surface area contributed by atoms with Crippen LogP contribution in [-0.2, 0) is 20.9 Å². The van der Waals surface area contributed by atoms with E-state index in [1.165, 1.54) is 34.4 Å². The minimum atomic E-state index is -0.782. The molecule has 0 aliphatic carbocycles. The number of nitro groups is 1. The normalized spacial score (nSPS) is 10.1. The minimum absolute atomic E-state index is 0.0367. The van der Waals surface area contributed by atoms with E-state index in [2.05, 4.69) is 0 Å². The fourth-order valence-corrected chi connectivity index (χ4v) is 2.57. The molecular weight excluding hydrogens is 348 g/mol. The van der Waals surface area contributed by atoms with Gasteiger partial charge in [0.15, 0.2) is 19.0 Å². The van der Waals surface area contributed by atoms with Crippen LogP contribution < -0.4 is 4.74 Å². The monoisotopic (exact) mass is 364 g/mol. The third kappa shape index (κ3) is 5.57. The molecule has 0 N–H and O–H groups in total. The number of carbonyl (C=O) groups excluding carboxylic acids is 2. The van der Waals surface area contributed by atoms with Gasteiger partial charge in [0.1, 0.15) is 0 Å². The molecule has 8 nitrogen and oxygen atoms in total. The second kappa shape index (κ2) is 8.78. The molecular formula is C16H16N2O6S. The van der Waals surface area contributed by atoms with Gasteiger partial charge < -0.3 is 14.4 Å². The molecule has 9 heteroatoms. The highest BCUT2D eigenvalue weighted by molar-refractivity contribution is 7.07. The second-order valence-electron chi connectivity index (χ2n) is 5.06. The molecule has 0 fully saturated rings. The first-order valence-corrected chi connectivity index (χ1v) is 8.18. The number of esters is 1. The predicted octanol–water partition coefficient (Wildman–Crippen LogP) is 2.24. The SMILES string of the molecule is CN(Cc1ccsc1)C(=O)COC(=O)COc1ccccc1[N+](=O)[O-]. The molecule has 0 spiro atoms. The molecule has 0 unspecified atom stereocenters. The Morgan fingerprint density at radius 2 is 2.00 bits per heavy atom. The average Bonchev–Trinajstić information content (AvgIpc) is 3.10. The Balaban J connectivity index is 1.77. The van der Waals surface area contributed by atoms with Crippen LogP contribution in [0, 0.1) is 10.1 Å². The predicted molar refractivity (Wildman–Crippen MR) is 90.3 cm³/mol. The van der Waals surface area contributed by atoms with E-state index in [1.54, 1.807) is 13.1 Å². The lowest BCUT2D eigenvalue weighted by Crippen LogP contribution is -2.31. The van der Waals surface area contributed by atoms with Crippen LogP contribution in [0.5, 0.6) is 5.75 Å². The molecule has 1 aromatic heterocycles. The Bertz CT molecular complexity index is 747. The summed E-state index contributed by atoms with van der Waals surface area (Å²) >= 11 is 1.53.